The normalized spacial score (nSPS) is 17.8. The van der Waals surface area contributed by atoms with Gasteiger partial charge in [0.2, 0.25) is 17.8 Å². The van der Waals surface area contributed by atoms with E-state index < -0.39 is 0 Å². The Balaban J connectivity index is 1.02. The van der Waals surface area contributed by atoms with Crippen LogP contribution in [0.15, 0.2) is 55.4 Å². The Hall–Kier alpha value is -4.23. The van der Waals surface area contributed by atoms with Crippen LogP contribution in [0.3, 0.4) is 0 Å². The predicted octanol–water partition coefficient (Wildman–Crippen LogP) is 1.65. The van der Waals surface area contributed by atoms with Crippen LogP contribution in [0.25, 0.3) is 0 Å². The number of hydrogen-bond donors (Lipinski definition) is 2. The molecule has 1 aromatic carbocycles. The number of halogens is 1. The van der Waals surface area contributed by atoms with Gasteiger partial charge in [0.25, 0.3) is 0 Å². The summed E-state index contributed by atoms with van der Waals surface area (Å²) in [7, 11) is 0. The van der Waals surface area contributed by atoms with Crippen LogP contribution >= 0.6 is 0 Å². The summed E-state index contributed by atoms with van der Waals surface area (Å²) in [4.78, 5) is 26.6. The van der Waals surface area contributed by atoms with E-state index in [-0.39, 0.29) is 11.9 Å². The molecule has 39 heavy (non-hydrogen) atoms. The lowest BCUT2D eigenvalue weighted by Gasteiger charge is -2.34. The maximum absolute atomic E-state index is 14.0. The minimum atomic E-state index is -0.216. The molecular formula is C26H30FN11O. The predicted molar refractivity (Wildman–Crippen MR) is 144 cm³/mol. The lowest BCUT2D eigenvalue weighted by molar-refractivity contribution is 0.0161. The molecule has 0 saturated carbocycles. The van der Waals surface area contributed by atoms with E-state index in [4.69, 9.17) is 4.74 Å². The summed E-state index contributed by atoms with van der Waals surface area (Å²) in [5.74, 6) is 1.53. The number of nitrogens with zero attached hydrogens (tertiary/aromatic N) is 9. The molecule has 0 bridgehead atoms. The van der Waals surface area contributed by atoms with Crippen molar-refractivity contribution < 1.29 is 9.13 Å². The van der Waals surface area contributed by atoms with Crippen LogP contribution in [0.4, 0.5) is 27.9 Å². The van der Waals surface area contributed by atoms with Gasteiger partial charge in [-0.3, -0.25) is 4.68 Å². The van der Waals surface area contributed by atoms with Crippen LogP contribution in [0.5, 0.6) is 0 Å². The highest BCUT2D eigenvalue weighted by molar-refractivity contribution is 5.51. The second-order valence-electron chi connectivity index (χ2n) is 9.52. The van der Waals surface area contributed by atoms with Crippen molar-refractivity contribution in [1.82, 2.24) is 40.0 Å². The molecule has 2 N–H and O–H groups in total. The number of anilines is 4. The number of hydrogen-bond acceptors (Lipinski definition) is 11. The molecule has 3 aromatic heterocycles. The first kappa shape index (κ1) is 25.1. The zero-order valence-electron chi connectivity index (χ0n) is 21.4. The van der Waals surface area contributed by atoms with Crippen molar-refractivity contribution in [3.63, 3.8) is 0 Å². The van der Waals surface area contributed by atoms with Crippen LogP contribution in [0.2, 0.25) is 0 Å². The lowest BCUT2D eigenvalue weighted by Crippen LogP contribution is -2.47. The number of piperazine rings is 1. The van der Waals surface area contributed by atoms with Crippen LogP contribution in [-0.4, -0.2) is 86.7 Å². The molecule has 1 atom stereocenters. The number of aromatic nitrogens is 7. The zero-order valence-corrected chi connectivity index (χ0v) is 21.4. The van der Waals surface area contributed by atoms with E-state index >= 15 is 0 Å². The van der Waals surface area contributed by atoms with Crippen LogP contribution < -0.4 is 20.4 Å². The van der Waals surface area contributed by atoms with Gasteiger partial charge in [-0.15, -0.1) is 0 Å². The molecule has 6 rings (SSSR count). The first-order valence-corrected chi connectivity index (χ1v) is 13.0. The Morgan fingerprint density at radius 1 is 0.974 bits per heavy atom. The molecule has 2 aliphatic rings. The highest BCUT2D eigenvalue weighted by Gasteiger charge is 2.21. The Labute approximate surface area is 225 Å². The summed E-state index contributed by atoms with van der Waals surface area (Å²) in [6.07, 6.45) is 9.29. The van der Waals surface area contributed by atoms with E-state index in [9.17, 15) is 4.39 Å². The van der Waals surface area contributed by atoms with Crippen molar-refractivity contribution >= 4 is 23.5 Å². The van der Waals surface area contributed by atoms with Crippen LogP contribution in [-0.2, 0) is 17.7 Å². The molecule has 0 radical (unpaired) electrons. The van der Waals surface area contributed by atoms with Gasteiger partial charge in [-0.25, -0.2) is 24.3 Å². The average molecular weight is 532 g/mol. The van der Waals surface area contributed by atoms with Crippen molar-refractivity contribution in [2.75, 3.05) is 61.0 Å². The molecule has 0 amide bonds. The number of rotatable bonds is 8. The van der Waals surface area contributed by atoms with Gasteiger partial charge in [-0.1, -0.05) is 18.2 Å². The van der Waals surface area contributed by atoms with E-state index in [2.05, 4.69) is 50.5 Å². The van der Waals surface area contributed by atoms with E-state index in [1.165, 1.54) is 12.4 Å². The Kier molecular flexibility index (Phi) is 7.50. The quantitative estimate of drug-likeness (QED) is 0.345. The fourth-order valence-electron chi connectivity index (χ4n) is 4.67. The van der Waals surface area contributed by atoms with Crippen molar-refractivity contribution in [2.45, 2.75) is 19.1 Å². The van der Waals surface area contributed by atoms with Crippen molar-refractivity contribution in [3.8, 4) is 0 Å². The van der Waals surface area contributed by atoms with E-state index in [1.54, 1.807) is 30.7 Å². The Morgan fingerprint density at radius 2 is 1.77 bits per heavy atom. The van der Waals surface area contributed by atoms with Gasteiger partial charge in [0.1, 0.15) is 12.1 Å². The molecule has 5 heterocycles. The standard InChI is InChI=1S/C26H30FN11O/c27-23-4-2-1-3-20(23)11-19-12-29-25(30-13-19)36-6-8-37(9-7-36)26-32-18-31-24(35-26)34-21-14-33-38(16-21)17-22-15-28-5-10-39-22/h1-4,12-14,16,18,22,28H,5-11,15,17H2,(H,31,32,34,35)/t22-/m0/s1. The fourth-order valence-corrected chi connectivity index (χ4v) is 4.67. The molecule has 0 unspecified atom stereocenters. The first-order valence-electron chi connectivity index (χ1n) is 13.0. The third kappa shape index (κ3) is 6.26. The van der Waals surface area contributed by atoms with Gasteiger partial charge < -0.3 is 25.2 Å². The van der Waals surface area contributed by atoms with Gasteiger partial charge in [0, 0.05) is 64.3 Å². The maximum Gasteiger partial charge on any atom is 0.232 e. The summed E-state index contributed by atoms with van der Waals surface area (Å²) in [5.41, 5.74) is 2.31. The molecule has 0 aliphatic carbocycles. The Morgan fingerprint density at radius 3 is 2.54 bits per heavy atom. The van der Waals surface area contributed by atoms with E-state index in [0.717, 1.165) is 57.1 Å². The molecule has 0 spiro atoms. The SMILES string of the molecule is Fc1ccccc1Cc1cnc(N2CCN(c3ncnc(Nc4cnn(C[C@@H]5CNCCO5)c4)n3)CC2)nc1. The zero-order chi connectivity index (χ0) is 26.4. The summed E-state index contributed by atoms with van der Waals surface area (Å²) < 4.78 is 21.6. The van der Waals surface area contributed by atoms with Gasteiger partial charge in [-0.2, -0.15) is 10.1 Å². The number of morpholine rings is 1. The minimum Gasteiger partial charge on any atom is -0.374 e. The minimum absolute atomic E-state index is 0.108. The molecule has 4 aromatic rings. The van der Waals surface area contributed by atoms with E-state index in [1.807, 2.05) is 16.9 Å². The average Bonchev–Trinajstić information content (AvgIpc) is 3.42. The smallest absolute Gasteiger partial charge is 0.232 e. The fraction of sp³-hybridized carbons (Fsp3) is 0.385. The first-order chi connectivity index (χ1) is 19.2. The number of nitrogens with one attached hydrogen (secondary N) is 2. The number of ether oxygens (including phenoxy) is 1. The molecule has 13 heteroatoms. The van der Waals surface area contributed by atoms with Gasteiger partial charge in [0.15, 0.2) is 0 Å². The van der Waals surface area contributed by atoms with Crippen LogP contribution in [0.1, 0.15) is 11.1 Å². The second-order valence-corrected chi connectivity index (χ2v) is 9.52. The third-order valence-electron chi connectivity index (χ3n) is 6.73. The Bertz CT molecular complexity index is 1370. The van der Waals surface area contributed by atoms with Crippen molar-refractivity contribution in [2.24, 2.45) is 0 Å². The maximum atomic E-state index is 14.0. The molecule has 202 valence electrons. The highest BCUT2D eigenvalue weighted by Crippen LogP contribution is 2.18. The summed E-state index contributed by atoms with van der Waals surface area (Å²) in [5, 5.41) is 11.0. The molecular weight excluding hydrogens is 501 g/mol. The summed E-state index contributed by atoms with van der Waals surface area (Å²) >= 11 is 0. The number of benzene rings is 1. The second kappa shape index (κ2) is 11.7. The molecule has 2 saturated heterocycles. The van der Waals surface area contributed by atoms with Crippen molar-refractivity contribution in [3.05, 3.63) is 72.3 Å². The molecule has 2 fully saturated rings. The van der Waals surface area contributed by atoms with Gasteiger partial charge in [-0.05, 0) is 17.2 Å². The van der Waals surface area contributed by atoms with Gasteiger partial charge in [0.05, 0.1) is 31.1 Å². The van der Waals surface area contributed by atoms with Crippen molar-refractivity contribution in [1.29, 1.82) is 0 Å². The highest BCUT2D eigenvalue weighted by atomic mass is 19.1. The lowest BCUT2D eigenvalue weighted by atomic mass is 10.1. The summed E-state index contributed by atoms with van der Waals surface area (Å²) in [6, 6.07) is 6.77. The largest absolute Gasteiger partial charge is 0.374 e. The third-order valence-corrected chi connectivity index (χ3v) is 6.73. The summed E-state index contributed by atoms with van der Waals surface area (Å²) in [6.45, 7) is 6.00. The molecule has 12 nitrogen and oxygen atoms in total. The van der Waals surface area contributed by atoms with E-state index in [0.29, 0.717) is 36.4 Å². The van der Waals surface area contributed by atoms with Gasteiger partial charge >= 0.3 is 0 Å². The topological polar surface area (TPSA) is 122 Å². The molecule has 2 aliphatic heterocycles. The van der Waals surface area contributed by atoms with Crippen LogP contribution in [0, 0.1) is 5.82 Å². The monoisotopic (exact) mass is 531 g/mol.